The highest BCUT2D eigenvalue weighted by Gasteiger charge is 2.50. The van der Waals surface area contributed by atoms with E-state index in [2.05, 4.69) is 11.1 Å². The molecular weight excluding hydrogens is 382 g/mol. The first-order valence-electron chi connectivity index (χ1n) is 10.1. The summed E-state index contributed by atoms with van der Waals surface area (Å²) < 4.78 is 11.1. The second-order valence-corrected chi connectivity index (χ2v) is 8.17. The molecule has 0 bridgehead atoms. The van der Waals surface area contributed by atoms with Crippen molar-refractivity contribution in [3.63, 3.8) is 0 Å². The van der Waals surface area contributed by atoms with Crippen LogP contribution in [0.5, 0.6) is 11.5 Å². The number of piperazine rings is 1. The lowest BCUT2D eigenvalue weighted by molar-refractivity contribution is -0.162. The van der Waals surface area contributed by atoms with Crippen molar-refractivity contribution in [2.24, 2.45) is 0 Å². The number of ether oxygens (including phenoxy) is 2. The second-order valence-electron chi connectivity index (χ2n) is 8.17. The van der Waals surface area contributed by atoms with Crippen LogP contribution in [0.3, 0.4) is 0 Å². The molecule has 2 aromatic carbocycles. The van der Waals surface area contributed by atoms with E-state index in [-0.39, 0.29) is 18.6 Å². The van der Waals surface area contributed by atoms with Crippen molar-refractivity contribution >= 4 is 22.7 Å². The minimum atomic E-state index is -0.527. The van der Waals surface area contributed by atoms with Gasteiger partial charge in [-0.15, -0.1) is 0 Å². The number of hydrogen-bond donors (Lipinski definition) is 1. The number of hydrogen-bond acceptors (Lipinski definition) is 4. The monoisotopic (exact) mass is 403 g/mol. The second kappa shape index (κ2) is 6.01. The van der Waals surface area contributed by atoms with Crippen LogP contribution in [-0.4, -0.2) is 52.5 Å². The summed E-state index contributed by atoms with van der Waals surface area (Å²) in [7, 11) is 1.71. The molecule has 152 valence electrons. The smallest absolute Gasteiger partial charge is 0.246 e. The Morgan fingerprint density at radius 2 is 1.83 bits per heavy atom. The summed E-state index contributed by atoms with van der Waals surface area (Å²) >= 11 is 0. The molecule has 2 amide bonds. The molecule has 3 aromatic rings. The zero-order chi connectivity index (χ0) is 20.6. The number of fused-ring (bicyclic) bond motifs is 5. The van der Waals surface area contributed by atoms with Crippen molar-refractivity contribution in [2.45, 2.75) is 31.5 Å². The first-order valence-corrected chi connectivity index (χ1v) is 10.1. The number of benzene rings is 2. The van der Waals surface area contributed by atoms with Crippen molar-refractivity contribution in [1.82, 2.24) is 14.8 Å². The highest BCUT2D eigenvalue weighted by molar-refractivity contribution is 5.99. The summed E-state index contributed by atoms with van der Waals surface area (Å²) in [5.74, 6) is 1.28. The molecule has 0 saturated carbocycles. The fourth-order valence-electron chi connectivity index (χ4n) is 4.99. The normalized spacial score (nSPS) is 24.9. The SMILES string of the molecule is C[C@H]1C(=O)N2C(Cc3c([nH]c4ccccc34)[C@@H]2c2ccc3c(c2)OCO3)C(=O)N1C. The molecule has 0 radical (unpaired) electrons. The molecule has 7 nitrogen and oxygen atoms in total. The van der Waals surface area contributed by atoms with Crippen LogP contribution in [0, 0.1) is 0 Å². The fourth-order valence-corrected chi connectivity index (χ4v) is 4.99. The number of aromatic amines is 1. The predicted molar refractivity (Wildman–Crippen MR) is 109 cm³/mol. The predicted octanol–water partition coefficient (Wildman–Crippen LogP) is 2.60. The van der Waals surface area contributed by atoms with Gasteiger partial charge in [-0.2, -0.15) is 0 Å². The van der Waals surface area contributed by atoms with Gasteiger partial charge in [0.1, 0.15) is 12.1 Å². The molecule has 1 saturated heterocycles. The summed E-state index contributed by atoms with van der Waals surface area (Å²) in [6.07, 6.45) is 0.502. The van der Waals surface area contributed by atoms with Gasteiger partial charge in [0.25, 0.3) is 0 Å². The van der Waals surface area contributed by atoms with Gasteiger partial charge in [-0.25, -0.2) is 0 Å². The Kier molecular flexibility index (Phi) is 3.48. The molecule has 0 aliphatic carbocycles. The van der Waals surface area contributed by atoms with Crippen molar-refractivity contribution < 1.29 is 19.1 Å². The number of para-hydroxylation sites is 1. The van der Waals surface area contributed by atoms with E-state index in [0.717, 1.165) is 27.7 Å². The quantitative estimate of drug-likeness (QED) is 0.678. The Labute approximate surface area is 173 Å². The van der Waals surface area contributed by atoms with Crippen LogP contribution < -0.4 is 9.47 Å². The van der Waals surface area contributed by atoms with Crippen molar-refractivity contribution in [3.05, 3.63) is 59.3 Å². The van der Waals surface area contributed by atoms with Gasteiger partial charge in [0.15, 0.2) is 11.5 Å². The summed E-state index contributed by atoms with van der Waals surface area (Å²) in [6, 6.07) is 12.4. The number of nitrogens with zero attached hydrogens (tertiary/aromatic N) is 2. The highest BCUT2D eigenvalue weighted by atomic mass is 16.7. The average molecular weight is 403 g/mol. The maximum absolute atomic E-state index is 13.4. The van der Waals surface area contributed by atoms with Crippen LogP contribution in [0.1, 0.15) is 29.8 Å². The molecular formula is C23H21N3O4. The molecule has 3 atom stereocenters. The average Bonchev–Trinajstić information content (AvgIpc) is 3.38. The Balaban J connectivity index is 1.60. The Morgan fingerprint density at radius 3 is 2.70 bits per heavy atom. The van der Waals surface area contributed by atoms with Crippen LogP contribution in [0.4, 0.5) is 0 Å². The molecule has 1 unspecified atom stereocenters. The van der Waals surface area contributed by atoms with Gasteiger partial charge in [0, 0.05) is 30.1 Å². The van der Waals surface area contributed by atoms with E-state index >= 15 is 0 Å². The van der Waals surface area contributed by atoms with Gasteiger partial charge in [-0.1, -0.05) is 24.3 Å². The van der Waals surface area contributed by atoms with Gasteiger partial charge in [0.2, 0.25) is 18.6 Å². The van der Waals surface area contributed by atoms with E-state index in [4.69, 9.17) is 9.47 Å². The van der Waals surface area contributed by atoms with Crippen molar-refractivity contribution in [2.75, 3.05) is 13.8 Å². The summed E-state index contributed by atoms with van der Waals surface area (Å²) in [4.78, 5) is 33.5. The van der Waals surface area contributed by atoms with Gasteiger partial charge >= 0.3 is 0 Å². The molecule has 0 spiro atoms. The van der Waals surface area contributed by atoms with Crippen molar-refractivity contribution in [1.29, 1.82) is 0 Å². The lowest BCUT2D eigenvalue weighted by Crippen LogP contribution is -2.65. The molecule has 3 aliphatic rings. The van der Waals surface area contributed by atoms with Crippen LogP contribution in [0.15, 0.2) is 42.5 Å². The first-order chi connectivity index (χ1) is 14.5. The molecule has 30 heavy (non-hydrogen) atoms. The zero-order valence-electron chi connectivity index (χ0n) is 16.7. The van der Waals surface area contributed by atoms with Crippen molar-refractivity contribution in [3.8, 4) is 11.5 Å². The lowest BCUT2D eigenvalue weighted by Gasteiger charge is -2.48. The number of nitrogens with one attached hydrogen (secondary N) is 1. The Hall–Kier alpha value is -3.48. The van der Waals surface area contributed by atoms with Crippen LogP contribution in [0.25, 0.3) is 10.9 Å². The maximum Gasteiger partial charge on any atom is 0.246 e. The number of aromatic nitrogens is 1. The first kappa shape index (κ1) is 17.4. The molecule has 1 fully saturated rings. The number of likely N-dealkylation sites (N-methyl/N-ethyl adjacent to an activating group) is 1. The number of H-pyrrole nitrogens is 1. The largest absolute Gasteiger partial charge is 0.454 e. The standard InChI is InChI=1S/C23H21N3O4/c1-12-22(27)26-17(23(28)25(12)2)10-15-14-5-3-4-6-16(14)24-20(15)21(26)13-7-8-18-19(9-13)30-11-29-18/h3-9,12,17,21,24H,10-11H2,1-2H3/t12-,17?,21-/m0/s1. The van der Waals surface area contributed by atoms with E-state index in [1.54, 1.807) is 23.8 Å². The number of rotatable bonds is 1. The number of amides is 2. The van der Waals surface area contributed by atoms with Gasteiger partial charge in [0.05, 0.1) is 6.04 Å². The summed E-state index contributed by atoms with van der Waals surface area (Å²) in [5, 5.41) is 1.10. The number of carbonyl (C=O) groups is 2. The van der Waals surface area contributed by atoms with Crippen LogP contribution in [-0.2, 0) is 16.0 Å². The van der Waals surface area contributed by atoms with Crippen LogP contribution in [0.2, 0.25) is 0 Å². The molecule has 1 N–H and O–H groups in total. The summed E-state index contributed by atoms with van der Waals surface area (Å²) in [5.41, 5.74) is 3.96. The molecule has 3 aliphatic heterocycles. The Morgan fingerprint density at radius 1 is 1.03 bits per heavy atom. The third kappa shape index (κ3) is 2.20. The van der Waals surface area contributed by atoms with Gasteiger partial charge in [-0.05, 0) is 36.2 Å². The highest BCUT2D eigenvalue weighted by Crippen LogP contribution is 2.45. The molecule has 4 heterocycles. The lowest BCUT2D eigenvalue weighted by atomic mass is 9.85. The van der Waals surface area contributed by atoms with E-state index in [1.807, 2.05) is 36.4 Å². The molecule has 6 rings (SSSR count). The van der Waals surface area contributed by atoms with E-state index in [0.29, 0.717) is 17.9 Å². The fraction of sp³-hybridized carbons (Fsp3) is 0.304. The van der Waals surface area contributed by atoms with E-state index in [9.17, 15) is 9.59 Å². The van der Waals surface area contributed by atoms with E-state index in [1.165, 1.54) is 0 Å². The maximum atomic E-state index is 13.4. The minimum absolute atomic E-state index is 0.0243. The third-order valence-electron chi connectivity index (χ3n) is 6.67. The Bertz CT molecular complexity index is 1220. The third-order valence-corrected chi connectivity index (χ3v) is 6.67. The number of carbonyl (C=O) groups excluding carboxylic acids is 2. The topological polar surface area (TPSA) is 74.9 Å². The zero-order valence-corrected chi connectivity index (χ0v) is 16.7. The molecule has 1 aromatic heterocycles. The van der Waals surface area contributed by atoms with Gasteiger partial charge < -0.3 is 24.3 Å². The summed E-state index contributed by atoms with van der Waals surface area (Å²) in [6.45, 7) is 1.97. The van der Waals surface area contributed by atoms with Gasteiger partial charge in [-0.3, -0.25) is 9.59 Å². The molecule has 7 heteroatoms. The minimum Gasteiger partial charge on any atom is -0.454 e. The van der Waals surface area contributed by atoms with Crippen LogP contribution >= 0.6 is 0 Å². The van der Waals surface area contributed by atoms with E-state index < -0.39 is 18.1 Å².